The van der Waals surface area contributed by atoms with Crippen molar-refractivity contribution in [1.82, 2.24) is 0 Å². The van der Waals surface area contributed by atoms with Gasteiger partial charge in [-0.3, -0.25) is 9.59 Å². The minimum atomic E-state index is -1.37. The van der Waals surface area contributed by atoms with Crippen LogP contribution >= 0.6 is 0 Å². The van der Waals surface area contributed by atoms with Crippen molar-refractivity contribution in [2.45, 2.75) is 64.3 Å². The Morgan fingerprint density at radius 2 is 1.96 bits per heavy atom. The molecule has 1 heterocycles. The van der Waals surface area contributed by atoms with E-state index in [1.165, 1.54) is 6.92 Å². The third kappa shape index (κ3) is 4.05. The maximum atomic E-state index is 12.5. The van der Waals surface area contributed by atoms with Gasteiger partial charge in [-0.05, 0) is 27.2 Å². The van der Waals surface area contributed by atoms with Crippen LogP contribution in [-0.2, 0) is 28.5 Å². The molecule has 24 heavy (non-hydrogen) atoms. The van der Waals surface area contributed by atoms with E-state index < -0.39 is 54.0 Å². The molecule has 1 saturated carbocycles. The second-order valence-corrected chi connectivity index (χ2v) is 6.68. The zero-order valence-corrected chi connectivity index (χ0v) is 14.4. The smallest absolute Gasteiger partial charge is 0.313 e. The standard InChI is InChI=1S/C16H26O8/c1-5-21-15(20)12-9(11-7-22-16(3,4)24-11)6-10(18)13(19)14(12)23-8(2)17/h9-14,18-19H,5-7H2,1-4H3/t9-,10+,11+,12+,13+,14+/m0/s1. The summed E-state index contributed by atoms with van der Waals surface area (Å²) in [5, 5.41) is 20.4. The Hall–Kier alpha value is -1.22. The molecule has 0 aromatic carbocycles. The Labute approximate surface area is 141 Å². The molecular formula is C16H26O8. The number of rotatable bonds is 4. The van der Waals surface area contributed by atoms with Gasteiger partial charge >= 0.3 is 11.9 Å². The zero-order chi connectivity index (χ0) is 18.1. The summed E-state index contributed by atoms with van der Waals surface area (Å²) in [5.74, 6) is -3.48. The lowest BCUT2D eigenvalue weighted by molar-refractivity contribution is -0.202. The van der Waals surface area contributed by atoms with E-state index in [-0.39, 0.29) is 19.6 Å². The molecule has 0 amide bonds. The highest BCUT2D eigenvalue weighted by molar-refractivity contribution is 5.75. The van der Waals surface area contributed by atoms with E-state index in [0.717, 1.165) is 0 Å². The molecule has 0 unspecified atom stereocenters. The second-order valence-electron chi connectivity index (χ2n) is 6.68. The molecule has 0 aromatic heterocycles. The Morgan fingerprint density at radius 3 is 2.46 bits per heavy atom. The summed E-state index contributed by atoms with van der Waals surface area (Å²) < 4.78 is 21.6. The molecular weight excluding hydrogens is 320 g/mol. The van der Waals surface area contributed by atoms with Gasteiger partial charge in [0, 0.05) is 12.8 Å². The third-order valence-corrected chi connectivity index (χ3v) is 4.43. The van der Waals surface area contributed by atoms with Crippen LogP contribution < -0.4 is 0 Å². The van der Waals surface area contributed by atoms with Crippen molar-refractivity contribution in [3.05, 3.63) is 0 Å². The van der Waals surface area contributed by atoms with Crippen molar-refractivity contribution in [3.8, 4) is 0 Å². The lowest BCUT2D eigenvalue weighted by Gasteiger charge is -2.43. The average molecular weight is 346 g/mol. The van der Waals surface area contributed by atoms with Crippen molar-refractivity contribution in [1.29, 1.82) is 0 Å². The summed E-state index contributed by atoms with van der Waals surface area (Å²) in [6.45, 7) is 6.75. The minimum Gasteiger partial charge on any atom is -0.466 e. The van der Waals surface area contributed by atoms with Crippen molar-refractivity contribution in [2.75, 3.05) is 13.2 Å². The first-order valence-electron chi connectivity index (χ1n) is 8.18. The largest absolute Gasteiger partial charge is 0.466 e. The first-order valence-corrected chi connectivity index (χ1v) is 8.18. The molecule has 2 rings (SSSR count). The average Bonchev–Trinajstić information content (AvgIpc) is 2.83. The SMILES string of the molecule is CCOC(=O)[C@@H]1[C@H]([C@H]2COC(C)(C)O2)C[C@@H](O)[C@@H](O)[C@@H]1OC(C)=O. The summed E-state index contributed by atoms with van der Waals surface area (Å²) in [7, 11) is 0. The highest BCUT2D eigenvalue weighted by Crippen LogP contribution is 2.40. The van der Waals surface area contributed by atoms with E-state index in [2.05, 4.69) is 0 Å². The molecule has 1 aliphatic heterocycles. The van der Waals surface area contributed by atoms with E-state index in [0.29, 0.717) is 0 Å². The highest BCUT2D eigenvalue weighted by Gasteiger charge is 2.54. The van der Waals surface area contributed by atoms with E-state index in [1.807, 2.05) is 0 Å². The van der Waals surface area contributed by atoms with Crippen LogP contribution in [-0.4, -0.2) is 65.6 Å². The summed E-state index contributed by atoms with van der Waals surface area (Å²) >= 11 is 0. The van der Waals surface area contributed by atoms with Gasteiger partial charge in [-0.15, -0.1) is 0 Å². The fourth-order valence-electron chi connectivity index (χ4n) is 3.43. The first-order chi connectivity index (χ1) is 11.2. The van der Waals surface area contributed by atoms with E-state index >= 15 is 0 Å². The molecule has 8 nitrogen and oxygen atoms in total. The van der Waals surface area contributed by atoms with Crippen molar-refractivity contribution in [3.63, 3.8) is 0 Å². The summed E-state index contributed by atoms with van der Waals surface area (Å²) in [6, 6.07) is 0. The molecule has 0 radical (unpaired) electrons. The molecule has 0 bridgehead atoms. The number of esters is 2. The van der Waals surface area contributed by atoms with E-state index in [4.69, 9.17) is 18.9 Å². The van der Waals surface area contributed by atoms with Crippen molar-refractivity contribution >= 4 is 11.9 Å². The van der Waals surface area contributed by atoms with Crippen LogP contribution in [0.4, 0.5) is 0 Å². The number of hydrogen-bond acceptors (Lipinski definition) is 8. The Balaban J connectivity index is 2.30. The van der Waals surface area contributed by atoms with Crippen LogP contribution in [0.5, 0.6) is 0 Å². The summed E-state index contributed by atoms with van der Waals surface area (Å²) in [6.07, 6.45) is -4.06. The lowest BCUT2D eigenvalue weighted by Crippen LogP contribution is -2.57. The number of aliphatic hydroxyl groups excluding tert-OH is 2. The molecule has 2 N–H and O–H groups in total. The van der Waals surface area contributed by atoms with Gasteiger partial charge in [0.05, 0.1) is 25.4 Å². The fourth-order valence-corrected chi connectivity index (χ4v) is 3.43. The van der Waals surface area contributed by atoms with Crippen LogP contribution in [0.25, 0.3) is 0 Å². The third-order valence-electron chi connectivity index (χ3n) is 4.43. The number of aliphatic hydroxyl groups is 2. The van der Waals surface area contributed by atoms with Gasteiger partial charge in [-0.25, -0.2) is 0 Å². The highest BCUT2D eigenvalue weighted by atomic mass is 16.7. The molecule has 2 aliphatic rings. The second kappa shape index (κ2) is 7.35. The number of ether oxygens (including phenoxy) is 4. The molecule has 1 aliphatic carbocycles. The van der Waals surface area contributed by atoms with Crippen LogP contribution in [0.2, 0.25) is 0 Å². The van der Waals surface area contributed by atoms with Crippen LogP contribution in [0.1, 0.15) is 34.1 Å². The van der Waals surface area contributed by atoms with Gasteiger partial charge in [0.2, 0.25) is 0 Å². The Bertz CT molecular complexity index is 477. The zero-order valence-electron chi connectivity index (χ0n) is 14.4. The van der Waals surface area contributed by atoms with E-state index in [9.17, 15) is 19.8 Å². The Kier molecular flexibility index (Phi) is 5.85. The Morgan fingerprint density at radius 1 is 1.29 bits per heavy atom. The van der Waals surface area contributed by atoms with Crippen LogP contribution in [0, 0.1) is 11.8 Å². The minimum absolute atomic E-state index is 0.118. The number of carbonyl (C=O) groups is 2. The van der Waals surface area contributed by atoms with Gasteiger partial charge in [-0.1, -0.05) is 0 Å². The van der Waals surface area contributed by atoms with Gasteiger partial charge < -0.3 is 29.2 Å². The van der Waals surface area contributed by atoms with Gasteiger partial charge in [0.25, 0.3) is 0 Å². The van der Waals surface area contributed by atoms with Gasteiger partial charge in [-0.2, -0.15) is 0 Å². The van der Waals surface area contributed by atoms with Gasteiger partial charge in [0.15, 0.2) is 5.79 Å². The predicted molar refractivity (Wildman–Crippen MR) is 80.7 cm³/mol. The van der Waals surface area contributed by atoms with Crippen LogP contribution in [0.3, 0.4) is 0 Å². The number of hydrogen-bond donors (Lipinski definition) is 2. The fraction of sp³-hybridized carbons (Fsp3) is 0.875. The predicted octanol–water partition coefficient (Wildman–Crippen LogP) is -0.00940. The molecule has 2 fully saturated rings. The molecule has 8 heteroatoms. The van der Waals surface area contributed by atoms with Crippen LogP contribution in [0.15, 0.2) is 0 Å². The quantitative estimate of drug-likeness (QED) is 0.684. The molecule has 1 saturated heterocycles. The topological polar surface area (TPSA) is 112 Å². The lowest BCUT2D eigenvalue weighted by atomic mass is 9.71. The summed E-state index contributed by atoms with van der Waals surface area (Å²) in [4.78, 5) is 23.9. The molecule has 138 valence electrons. The van der Waals surface area contributed by atoms with Crippen molar-refractivity contribution in [2.24, 2.45) is 11.8 Å². The summed E-state index contributed by atoms with van der Waals surface area (Å²) in [5.41, 5.74) is 0. The molecule has 0 aromatic rings. The maximum absolute atomic E-state index is 12.5. The van der Waals surface area contributed by atoms with E-state index in [1.54, 1.807) is 20.8 Å². The molecule has 6 atom stereocenters. The molecule has 0 spiro atoms. The number of carbonyl (C=O) groups excluding carboxylic acids is 2. The van der Waals surface area contributed by atoms with Crippen molar-refractivity contribution < 1.29 is 38.7 Å². The maximum Gasteiger partial charge on any atom is 0.313 e. The monoisotopic (exact) mass is 346 g/mol. The normalized spacial score (nSPS) is 38.6. The first kappa shape index (κ1) is 19.1. The van der Waals surface area contributed by atoms with Gasteiger partial charge in [0.1, 0.15) is 18.1 Å².